The number of fused-ring (bicyclic) bond motifs is 2. The number of hydrogen-bond donors (Lipinski definition) is 2. The van der Waals surface area contributed by atoms with E-state index in [1.807, 2.05) is 0 Å². The van der Waals surface area contributed by atoms with Gasteiger partial charge in [-0.05, 0) is 54.2 Å². The van der Waals surface area contributed by atoms with Crippen molar-refractivity contribution in [1.82, 2.24) is 9.97 Å². The number of hydrogen-bond acceptors (Lipinski definition) is 4. The van der Waals surface area contributed by atoms with Gasteiger partial charge < -0.3 is 10.4 Å². The monoisotopic (exact) mass is 453 g/mol. The maximum atomic E-state index is 14.3. The second-order valence-electron chi connectivity index (χ2n) is 8.57. The molecule has 4 nitrogen and oxygen atoms in total. The van der Waals surface area contributed by atoms with Gasteiger partial charge in [0.2, 0.25) is 0 Å². The number of nitrogens with one attached hydrogen (secondary N) is 1. The number of aliphatic hydroxyl groups is 1. The summed E-state index contributed by atoms with van der Waals surface area (Å²) < 4.78 is 57.0. The molecule has 0 bridgehead atoms. The fourth-order valence-corrected chi connectivity index (χ4v) is 4.61. The largest absolute Gasteiger partial charge is 0.419 e. The van der Waals surface area contributed by atoms with Crippen molar-refractivity contribution in [2.75, 3.05) is 5.32 Å². The summed E-state index contributed by atoms with van der Waals surface area (Å²) in [6.45, 7) is 4.88. The maximum Gasteiger partial charge on any atom is 0.419 e. The molecule has 0 unspecified atom stereocenters. The van der Waals surface area contributed by atoms with Crippen molar-refractivity contribution in [2.24, 2.45) is 0 Å². The molecule has 9 heteroatoms. The highest BCUT2D eigenvalue weighted by Gasteiger charge is 2.63. The molecular weight excluding hydrogens is 434 g/mol. The Bertz CT molecular complexity index is 1180. The molecule has 1 heterocycles. The van der Waals surface area contributed by atoms with E-state index in [1.165, 1.54) is 18.3 Å². The number of benzene rings is 2. The lowest BCUT2D eigenvalue weighted by Gasteiger charge is -2.49. The van der Waals surface area contributed by atoms with Crippen LogP contribution in [0.3, 0.4) is 0 Å². The van der Waals surface area contributed by atoms with Gasteiger partial charge in [0.25, 0.3) is 0 Å². The number of halogens is 5. The van der Waals surface area contributed by atoms with Crippen LogP contribution in [0.1, 0.15) is 43.3 Å². The van der Waals surface area contributed by atoms with Gasteiger partial charge in [-0.15, -0.1) is 0 Å². The predicted molar refractivity (Wildman–Crippen MR) is 111 cm³/mol. The molecule has 2 N–H and O–H groups in total. The van der Waals surface area contributed by atoms with Gasteiger partial charge in [0.05, 0.1) is 6.04 Å². The Balaban J connectivity index is 1.94. The van der Waals surface area contributed by atoms with Gasteiger partial charge in [-0.1, -0.05) is 31.5 Å². The smallest absolute Gasteiger partial charge is 0.379 e. The van der Waals surface area contributed by atoms with Gasteiger partial charge in [-0.2, -0.15) is 13.2 Å². The molecule has 2 atom stereocenters. The van der Waals surface area contributed by atoms with Gasteiger partial charge in [-0.25, -0.2) is 14.4 Å². The Labute approximate surface area is 181 Å². The fourth-order valence-electron chi connectivity index (χ4n) is 4.43. The molecule has 1 aliphatic rings. The minimum absolute atomic E-state index is 0.0181. The number of anilines is 1. The van der Waals surface area contributed by atoms with Crippen molar-refractivity contribution in [3.05, 3.63) is 64.3 Å². The molecule has 2 aromatic carbocycles. The van der Waals surface area contributed by atoms with Crippen molar-refractivity contribution in [3.63, 3.8) is 0 Å². The number of aromatic nitrogens is 2. The molecule has 0 aliphatic heterocycles. The van der Waals surface area contributed by atoms with Crippen molar-refractivity contribution >= 4 is 28.2 Å². The van der Waals surface area contributed by atoms with E-state index >= 15 is 0 Å². The molecule has 0 spiro atoms. The Kier molecular flexibility index (Phi) is 4.94. The van der Waals surface area contributed by atoms with Crippen LogP contribution in [0.4, 0.5) is 23.2 Å². The zero-order valence-electron chi connectivity index (χ0n) is 17.0. The number of aryl methyl sites for hydroxylation is 1. The first-order valence-corrected chi connectivity index (χ1v) is 9.99. The second-order valence-corrected chi connectivity index (χ2v) is 9.00. The molecule has 0 saturated carbocycles. The highest BCUT2D eigenvalue weighted by atomic mass is 35.5. The van der Waals surface area contributed by atoms with Crippen molar-refractivity contribution in [1.29, 1.82) is 0 Å². The highest BCUT2D eigenvalue weighted by molar-refractivity contribution is 6.30. The second kappa shape index (κ2) is 7.03. The summed E-state index contributed by atoms with van der Waals surface area (Å²) in [6, 6.07) is 5.58. The Morgan fingerprint density at radius 3 is 2.58 bits per heavy atom. The van der Waals surface area contributed by atoms with Gasteiger partial charge in [0.1, 0.15) is 17.2 Å². The molecule has 1 aromatic heterocycles. The average Bonchev–Trinajstić information content (AvgIpc) is 2.65. The molecular formula is C22H20ClF4N3O. The SMILES string of the molecule is Cc1ncc2c(N[C@@H]3c4cc(Cl)ccc4C(C)(C)C[C@]3(O)C(F)(F)F)ccc(F)c2n1. The third-order valence-electron chi connectivity index (χ3n) is 5.86. The number of nitrogens with zero attached hydrogens (tertiary/aromatic N) is 2. The van der Waals surface area contributed by atoms with Gasteiger partial charge >= 0.3 is 6.18 Å². The number of rotatable bonds is 2. The summed E-state index contributed by atoms with van der Waals surface area (Å²) in [5.41, 5.74) is -3.03. The van der Waals surface area contributed by atoms with E-state index in [0.717, 1.165) is 6.07 Å². The van der Waals surface area contributed by atoms with Crippen molar-refractivity contribution < 1.29 is 22.7 Å². The fraction of sp³-hybridized carbons (Fsp3) is 0.364. The van der Waals surface area contributed by atoms with E-state index in [0.29, 0.717) is 11.4 Å². The van der Waals surface area contributed by atoms with Crippen molar-refractivity contribution in [2.45, 2.75) is 50.4 Å². The quantitative estimate of drug-likeness (QED) is 0.477. The lowest BCUT2D eigenvalue weighted by atomic mass is 9.63. The Morgan fingerprint density at radius 2 is 1.90 bits per heavy atom. The Morgan fingerprint density at radius 1 is 1.19 bits per heavy atom. The molecule has 1 aliphatic carbocycles. The van der Waals surface area contributed by atoms with Crippen LogP contribution >= 0.6 is 11.6 Å². The average molecular weight is 454 g/mol. The van der Waals surface area contributed by atoms with Crippen LogP contribution in [0.5, 0.6) is 0 Å². The van der Waals surface area contributed by atoms with Crippen LogP contribution in [-0.4, -0.2) is 26.9 Å². The van der Waals surface area contributed by atoms with E-state index in [9.17, 15) is 22.7 Å². The maximum absolute atomic E-state index is 14.3. The summed E-state index contributed by atoms with van der Waals surface area (Å²) in [4.78, 5) is 8.11. The third-order valence-corrected chi connectivity index (χ3v) is 6.09. The minimum atomic E-state index is -4.94. The standard InChI is InChI=1S/C22H20ClF4N3O/c1-11-28-9-14-17(7-6-16(24)18(14)29-11)30-19-13-8-12(23)4-5-15(13)20(2,3)10-21(19,31)22(25,26)27/h4-9,19,30-31H,10H2,1-3H3/t19-,21-/m1/s1. The zero-order valence-corrected chi connectivity index (χ0v) is 17.7. The minimum Gasteiger partial charge on any atom is -0.379 e. The van der Waals surface area contributed by atoms with E-state index in [2.05, 4.69) is 15.3 Å². The van der Waals surface area contributed by atoms with Crippen LogP contribution in [0.15, 0.2) is 36.5 Å². The van der Waals surface area contributed by atoms with Crippen LogP contribution in [0.25, 0.3) is 10.9 Å². The van der Waals surface area contributed by atoms with Crippen LogP contribution in [0, 0.1) is 12.7 Å². The van der Waals surface area contributed by atoms with Gasteiger partial charge in [-0.3, -0.25) is 0 Å². The molecule has 0 radical (unpaired) electrons. The topological polar surface area (TPSA) is 58.0 Å². The lowest BCUT2D eigenvalue weighted by Crippen LogP contribution is -2.58. The van der Waals surface area contributed by atoms with E-state index in [1.54, 1.807) is 32.9 Å². The van der Waals surface area contributed by atoms with Crippen molar-refractivity contribution in [3.8, 4) is 0 Å². The number of alkyl halides is 3. The summed E-state index contributed by atoms with van der Waals surface area (Å²) in [5.74, 6) is -0.294. The molecule has 3 aromatic rings. The first-order chi connectivity index (χ1) is 14.3. The molecule has 0 amide bonds. The third kappa shape index (κ3) is 3.51. The summed E-state index contributed by atoms with van der Waals surface area (Å²) in [6.07, 6.45) is -4.16. The first-order valence-electron chi connectivity index (χ1n) is 9.61. The summed E-state index contributed by atoms with van der Waals surface area (Å²) in [5, 5.41) is 14.3. The highest BCUT2D eigenvalue weighted by Crippen LogP contribution is 2.54. The first kappa shape index (κ1) is 21.8. The Hall–Kier alpha value is -2.45. The zero-order chi connectivity index (χ0) is 22.8. The molecule has 31 heavy (non-hydrogen) atoms. The molecule has 0 fully saturated rings. The van der Waals surface area contributed by atoms with Gasteiger partial charge in [0, 0.05) is 22.3 Å². The molecule has 4 rings (SSSR count). The van der Waals surface area contributed by atoms with Gasteiger partial charge in [0.15, 0.2) is 5.60 Å². The summed E-state index contributed by atoms with van der Waals surface area (Å²) in [7, 11) is 0. The molecule has 164 valence electrons. The predicted octanol–water partition coefficient (Wildman–Crippen LogP) is 5.86. The van der Waals surface area contributed by atoms with E-state index in [-0.39, 0.29) is 27.2 Å². The van der Waals surface area contributed by atoms with Crippen LogP contribution < -0.4 is 5.32 Å². The van der Waals surface area contributed by atoms with Crippen LogP contribution in [0.2, 0.25) is 5.02 Å². The van der Waals surface area contributed by atoms with E-state index in [4.69, 9.17) is 11.6 Å². The lowest BCUT2D eigenvalue weighted by molar-refractivity contribution is -0.275. The normalized spacial score (nSPS) is 22.9. The molecule has 0 saturated heterocycles. The van der Waals surface area contributed by atoms with E-state index < -0.39 is 35.5 Å². The van der Waals surface area contributed by atoms with Crippen LogP contribution in [-0.2, 0) is 5.41 Å². The summed E-state index contributed by atoms with van der Waals surface area (Å²) >= 11 is 6.12.